The van der Waals surface area contributed by atoms with Gasteiger partial charge >= 0.3 is 0 Å². The normalized spacial score (nSPS) is 17.7. The highest BCUT2D eigenvalue weighted by Gasteiger charge is 2.37. The average Bonchev–Trinajstić information content (AvgIpc) is 3.18. The number of allylic oxidation sites excluding steroid dienone is 2. The molecule has 7 nitrogen and oxygen atoms in total. The minimum atomic E-state index is -0.442. The number of carbonyl (C=O) groups excluding carboxylic acids is 2. The first-order valence-electron chi connectivity index (χ1n) is 9.88. The van der Waals surface area contributed by atoms with Crippen LogP contribution < -0.4 is 10.6 Å². The number of para-hydroxylation sites is 1. The molecule has 0 saturated heterocycles. The second kappa shape index (κ2) is 7.18. The Morgan fingerprint density at radius 2 is 1.87 bits per heavy atom. The molecule has 1 unspecified atom stereocenters. The van der Waals surface area contributed by atoms with Gasteiger partial charge in [-0.15, -0.1) is 0 Å². The number of nitrogens with one attached hydrogen (secondary N) is 2. The molecule has 2 heterocycles. The predicted molar refractivity (Wildman–Crippen MR) is 112 cm³/mol. The van der Waals surface area contributed by atoms with Gasteiger partial charge in [-0.05, 0) is 42.7 Å². The van der Waals surface area contributed by atoms with Gasteiger partial charge in [0, 0.05) is 23.4 Å². The third-order valence-electron chi connectivity index (χ3n) is 5.52. The van der Waals surface area contributed by atoms with Crippen LogP contribution in [0.5, 0.6) is 5.75 Å². The summed E-state index contributed by atoms with van der Waals surface area (Å²) in [5.41, 5.74) is 3.45. The van der Waals surface area contributed by atoms with Crippen LogP contribution in [-0.4, -0.2) is 26.6 Å². The lowest BCUT2D eigenvalue weighted by Gasteiger charge is -2.33. The lowest BCUT2D eigenvalue weighted by molar-refractivity contribution is -0.116. The van der Waals surface area contributed by atoms with Crippen LogP contribution in [0, 0.1) is 0 Å². The molecule has 3 N–H and O–H groups in total. The summed E-state index contributed by atoms with van der Waals surface area (Å²) in [7, 11) is 0. The number of amides is 1. The zero-order chi connectivity index (χ0) is 20.7. The molecule has 1 aliphatic heterocycles. The van der Waals surface area contributed by atoms with E-state index in [-0.39, 0.29) is 17.4 Å². The van der Waals surface area contributed by atoms with E-state index >= 15 is 0 Å². The van der Waals surface area contributed by atoms with E-state index in [0.29, 0.717) is 29.1 Å². The quantitative estimate of drug-likeness (QED) is 0.620. The molecule has 2 aliphatic rings. The number of carbonyl (C=O) groups is 2. The van der Waals surface area contributed by atoms with Crippen LogP contribution in [0.2, 0.25) is 0 Å². The Balaban J connectivity index is 1.58. The van der Waals surface area contributed by atoms with Crippen molar-refractivity contribution in [2.24, 2.45) is 0 Å². The van der Waals surface area contributed by atoms with Crippen molar-refractivity contribution in [2.75, 3.05) is 10.6 Å². The minimum Gasteiger partial charge on any atom is -0.508 e. The number of rotatable bonds is 3. The molecular weight excluding hydrogens is 380 g/mol. The Hall–Kier alpha value is -3.87. The molecule has 1 aromatic heterocycles. The first-order valence-corrected chi connectivity index (χ1v) is 9.88. The second-order valence-corrected chi connectivity index (χ2v) is 7.46. The topological polar surface area (TPSA) is 96.2 Å². The van der Waals surface area contributed by atoms with Gasteiger partial charge < -0.3 is 15.7 Å². The summed E-state index contributed by atoms with van der Waals surface area (Å²) < 4.78 is 1.69. The summed E-state index contributed by atoms with van der Waals surface area (Å²) in [6.45, 7) is 0. The first-order chi connectivity index (χ1) is 14.6. The summed E-state index contributed by atoms with van der Waals surface area (Å²) in [6, 6.07) is 15.5. The molecule has 0 spiro atoms. The second-order valence-electron chi connectivity index (χ2n) is 7.46. The Bertz CT molecular complexity index is 1160. The van der Waals surface area contributed by atoms with Crippen LogP contribution in [0.15, 0.2) is 72.1 Å². The number of ketones is 1. The summed E-state index contributed by atoms with van der Waals surface area (Å²) in [6.07, 6.45) is 3.53. The van der Waals surface area contributed by atoms with E-state index in [0.717, 1.165) is 24.1 Å². The molecule has 0 bridgehead atoms. The van der Waals surface area contributed by atoms with Crippen molar-refractivity contribution in [3.05, 3.63) is 83.2 Å². The molecule has 0 radical (unpaired) electrons. The number of phenolic OH excluding ortho intramolecular Hbond substituents is 1. The number of benzene rings is 2. The highest BCUT2D eigenvalue weighted by molar-refractivity contribution is 6.08. The van der Waals surface area contributed by atoms with Crippen LogP contribution in [0.4, 0.5) is 11.5 Å². The van der Waals surface area contributed by atoms with Gasteiger partial charge in [-0.1, -0.05) is 30.3 Å². The lowest BCUT2D eigenvalue weighted by Crippen LogP contribution is -2.32. The van der Waals surface area contributed by atoms with Crippen molar-refractivity contribution >= 4 is 23.2 Å². The molecule has 3 aromatic rings. The van der Waals surface area contributed by atoms with Gasteiger partial charge in [-0.2, -0.15) is 5.10 Å². The van der Waals surface area contributed by atoms with Gasteiger partial charge in [0.1, 0.15) is 23.2 Å². The van der Waals surface area contributed by atoms with Crippen LogP contribution >= 0.6 is 0 Å². The molecule has 0 saturated carbocycles. The monoisotopic (exact) mass is 400 g/mol. The van der Waals surface area contributed by atoms with Crippen molar-refractivity contribution < 1.29 is 14.7 Å². The van der Waals surface area contributed by atoms with E-state index in [9.17, 15) is 14.7 Å². The predicted octanol–water partition coefficient (Wildman–Crippen LogP) is 3.86. The number of fused-ring (bicyclic) bond motifs is 1. The fourth-order valence-electron chi connectivity index (χ4n) is 4.11. The molecule has 5 rings (SSSR count). The smallest absolute Gasteiger partial charge is 0.261 e. The number of phenols is 1. The average molecular weight is 400 g/mol. The van der Waals surface area contributed by atoms with Crippen LogP contribution in [-0.2, 0) is 4.79 Å². The number of Topliss-reactive ketones (excluding diaryl/α,β-unsaturated/α-hetero) is 1. The van der Waals surface area contributed by atoms with Gasteiger partial charge in [0.05, 0.1) is 6.20 Å². The standard InChI is InChI=1S/C23H20N4O3/c28-16-11-9-14(10-12-16)21-20-18(7-4-8-19(20)29)26-22-17(13-24-27(21)22)23(30)25-15-5-2-1-3-6-15/h1-3,5-6,9-13,21,26,28H,4,7-8H2,(H,25,30). The van der Waals surface area contributed by atoms with Gasteiger partial charge in [-0.25, -0.2) is 4.68 Å². The Morgan fingerprint density at radius 3 is 2.63 bits per heavy atom. The van der Waals surface area contributed by atoms with E-state index in [4.69, 9.17) is 0 Å². The molecule has 1 aliphatic carbocycles. The molecule has 7 heteroatoms. The van der Waals surface area contributed by atoms with Crippen molar-refractivity contribution in [1.82, 2.24) is 9.78 Å². The fourth-order valence-corrected chi connectivity index (χ4v) is 4.11. The summed E-state index contributed by atoms with van der Waals surface area (Å²) in [4.78, 5) is 25.7. The highest BCUT2D eigenvalue weighted by Crippen LogP contribution is 2.41. The van der Waals surface area contributed by atoms with E-state index in [1.807, 2.05) is 30.3 Å². The number of hydrogen-bond acceptors (Lipinski definition) is 5. The third-order valence-corrected chi connectivity index (χ3v) is 5.52. The highest BCUT2D eigenvalue weighted by atomic mass is 16.3. The number of aromatic nitrogens is 2. The molecule has 2 aromatic carbocycles. The van der Waals surface area contributed by atoms with Crippen molar-refractivity contribution in [2.45, 2.75) is 25.3 Å². The Labute approximate surface area is 173 Å². The van der Waals surface area contributed by atoms with Gasteiger partial charge in [0.25, 0.3) is 5.91 Å². The van der Waals surface area contributed by atoms with Gasteiger partial charge in [0.15, 0.2) is 5.78 Å². The largest absolute Gasteiger partial charge is 0.508 e. The minimum absolute atomic E-state index is 0.0817. The van der Waals surface area contributed by atoms with Crippen molar-refractivity contribution in [1.29, 1.82) is 0 Å². The zero-order valence-corrected chi connectivity index (χ0v) is 16.1. The van der Waals surface area contributed by atoms with E-state index in [1.54, 1.807) is 28.9 Å². The van der Waals surface area contributed by atoms with Crippen molar-refractivity contribution in [3.63, 3.8) is 0 Å². The molecular formula is C23H20N4O3. The van der Waals surface area contributed by atoms with Gasteiger partial charge in [0.2, 0.25) is 0 Å². The Kier molecular flexibility index (Phi) is 4.35. The summed E-state index contributed by atoms with van der Waals surface area (Å²) in [5, 5.41) is 20.3. The number of nitrogens with zero attached hydrogens (tertiary/aromatic N) is 2. The fraction of sp³-hybridized carbons (Fsp3) is 0.174. The molecule has 1 amide bonds. The van der Waals surface area contributed by atoms with Crippen LogP contribution in [0.3, 0.4) is 0 Å². The summed E-state index contributed by atoms with van der Waals surface area (Å²) >= 11 is 0. The maximum absolute atomic E-state index is 12.9. The Morgan fingerprint density at radius 1 is 1.10 bits per heavy atom. The van der Waals surface area contributed by atoms with Crippen molar-refractivity contribution in [3.8, 4) is 5.75 Å². The zero-order valence-electron chi connectivity index (χ0n) is 16.1. The molecule has 150 valence electrons. The third kappa shape index (κ3) is 3.04. The molecule has 1 atom stereocenters. The SMILES string of the molecule is O=C1CCCC2=C1C(c1ccc(O)cc1)n1ncc(C(=O)Nc3ccccc3)c1N2. The van der Waals surface area contributed by atoms with Crippen LogP contribution in [0.25, 0.3) is 0 Å². The number of hydrogen-bond donors (Lipinski definition) is 3. The maximum Gasteiger partial charge on any atom is 0.261 e. The number of anilines is 2. The lowest BCUT2D eigenvalue weighted by atomic mass is 9.85. The van der Waals surface area contributed by atoms with E-state index in [1.165, 1.54) is 6.20 Å². The van der Waals surface area contributed by atoms with E-state index < -0.39 is 6.04 Å². The van der Waals surface area contributed by atoms with E-state index in [2.05, 4.69) is 15.7 Å². The number of aromatic hydroxyl groups is 1. The first kappa shape index (κ1) is 18.2. The maximum atomic E-state index is 12.9. The summed E-state index contributed by atoms with van der Waals surface area (Å²) in [5.74, 6) is 0.527. The molecule has 0 fully saturated rings. The molecule has 30 heavy (non-hydrogen) atoms. The van der Waals surface area contributed by atoms with Gasteiger partial charge in [-0.3, -0.25) is 9.59 Å². The van der Waals surface area contributed by atoms with Crippen LogP contribution in [0.1, 0.15) is 41.2 Å².